The molecular weight excluding hydrogens is 160 g/mol. The number of rotatable bonds is 3. The molecule has 4 N–H and O–H groups in total. The summed E-state index contributed by atoms with van der Waals surface area (Å²) in [6.45, 7) is 6.11. The Bertz CT molecular complexity index is 102. The SMILES string of the molecule is CCC(N)(N)[Si](C)(C)O[SiH3]. The third kappa shape index (κ3) is 1.90. The molecule has 0 atom stereocenters. The Kier molecular flexibility index (Phi) is 3.24. The third-order valence-electron chi connectivity index (χ3n) is 2.22. The minimum absolute atomic E-state index is 0.561. The van der Waals surface area contributed by atoms with Crippen molar-refractivity contribution in [1.29, 1.82) is 0 Å². The van der Waals surface area contributed by atoms with Crippen molar-refractivity contribution in [3.05, 3.63) is 0 Å². The van der Waals surface area contributed by atoms with Gasteiger partial charge in [0.1, 0.15) is 10.5 Å². The van der Waals surface area contributed by atoms with Crippen molar-refractivity contribution in [1.82, 2.24) is 0 Å². The van der Waals surface area contributed by atoms with Crippen LogP contribution < -0.4 is 11.5 Å². The zero-order chi connectivity index (χ0) is 8.41. The lowest BCUT2D eigenvalue weighted by Crippen LogP contribution is -2.68. The van der Waals surface area contributed by atoms with Crippen LogP contribution in [0, 0.1) is 0 Å². The smallest absolute Gasteiger partial charge is 0.208 e. The predicted molar refractivity (Wildman–Crippen MR) is 49.9 cm³/mol. The topological polar surface area (TPSA) is 61.3 Å². The molecule has 0 aromatic carbocycles. The molecule has 10 heavy (non-hydrogen) atoms. The van der Waals surface area contributed by atoms with E-state index in [2.05, 4.69) is 13.1 Å². The first-order valence-electron chi connectivity index (χ1n) is 3.50. The zero-order valence-corrected chi connectivity index (χ0v) is 10.3. The van der Waals surface area contributed by atoms with E-state index in [9.17, 15) is 0 Å². The van der Waals surface area contributed by atoms with Crippen molar-refractivity contribution < 1.29 is 4.12 Å². The molecule has 0 unspecified atom stereocenters. The van der Waals surface area contributed by atoms with Gasteiger partial charge in [-0.15, -0.1) is 0 Å². The molecule has 3 nitrogen and oxygen atoms in total. The van der Waals surface area contributed by atoms with Crippen LogP contribution in [0.25, 0.3) is 0 Å². The Balaban J connectivity index is 4.28. The van der Waals surface area contributed by atoms with E-state index in [1.807, 2.05) is 6.92 Å². The molecule has 0 spiro atoms. The maximum atomic E-state index is 5.84. The molecule has 0 aliphatic carbocycles. The second-order valence-electron chi connectivity index (χ2n) is 3.11. The molecule has 62 valence electrons. The Morgan fingerprint density at radius 2 is 1.90 bits per heavy atom. The van der Waals surface area contributed by atoms with Gasteiger partial charge in [-0.25, -0.2) is 0 Å². The summed E-state index contributed by atoms with van der Waals surface area (Å²) in [4.78, 5) is 0. The van der Waals surface area contributed by atoms with Gasteiger partial charge in [0.25, 0.3) is 0 Å². The molecule has 5 heteroatoms. The van der Waals surface area contributed by atoms with Gasteiger partial charge in [-0.3, -0.25) is 0 Å². The molecule has 0 bridgehead atoms. The highest BCUT2D eigenvalue weighted by molar-refractivity contribution is 6.76. The molecule has 0 aromatic heterocycles. The fourth-order valence-electron chi connectivity index (χ4n) is 0.616. The van der Waals surface area contributed by atoms with E-state index in [1.54, 1.807) is 0 Å². The summed E-state index contributed by atoms with van der Waals surface area (Å²) in [5.41, 5.74) is 11.7. The largest absolute Gasteiger partial charge is 0.462 e. The number of nitrogens with two attached hydrogens (primary N) is 2. The lowest BCUT2D eigenvalue weighted by Gasteiger charge is -2.37. The Morgan fingerprint density at radius 3 is 2.00 bits per heavy atom. The van der Waals surface area contributed by atoms with Crippen LogP contribution in [-0.2, 0) is 4.12 Å². The first-order valence-corrected chi connectivity index (χ1v) is 7.23. The molecule has 0 rings (SSSR count). The minimum atomic E-state index is -1.79. The van der Waals surface area contributed by atoms with Crippen molar-refractivity contribution in [2.45, 2.75) is 31.7 Å². The van der Waals surface area contributed by atoms with Gasteiger partial charge >= 0.3 is 0 Å². The van der Waals surface area contributed by atoms with Gasteiger partial charge in [0.15, 0.2) is 0 Å². The summed E-state index contributed by atoms with van der Waals surface area (Å²) >= 11 is 0. The fourth-order valence-corrected chi connectivity index (χ4v) is 2.99. The molecule has 0 aliphatic rings. The van der Waals surface area contributed by atoms with Crippen molar-refractivity contribution in [2.75, 3.05) is 0 Å². The van der Waals surface area contributed by atoms with Gasteiger partial charge in [-0.2, -0.15) is 0 Å². The number of hydrogen-bond acceptors (Lipinski definition) is 3. The Morgan fingerprint density at radius 1 is 1.50 bits per heavy atom. The van der Waals surface area contributed by atoms with Gasteiger partial charge in [-0.05, 0) is 19.5 Å². The van der Waals surface area contributed by atoms with Gasteiger partial charge < -0.3 is 15.6 Å². The third-order valence-corrected chi connectivity index (χ3v) is 8.89. The monoisotopic (exact) mass is 178 g/mol. The first-order chi connectivity index (χ1) is 4.37. The predicted octanol–water partition coefficient (Wildman–Crippen LogP) is -0.949. The molecule has 0 radical (unpaired) electrons. The second kappa shape index (κ2) is 3.14. The molecule has 0 saturated heterocycles. The zero-order valence-electron chi connectivity index (χ0n) is 7.27. The lowest BCUT2D eigenvalue weighted by atomic mass is 10.4. The lowest BCUT2D eigenvalue weighted by molar-refractivity contribution is 0.472. The van der Waals surface area contributed by atoms with E-state index in [0.717, 1.165) is 16.9 Å². The van der Waals surface area contributed by atoms with Crippen LogP contribution in [0.4, 0.5) is 0 Å². The normalized spacial score (nSPS) is 14.1. The van der Waals surface area contributed by atoms with Gasteiger partial charge in [0, 0.05) is 0 Å². The molecule has 0 aliphatic heterocycles. The minimum Gasteiger partial charge on any atom is -0.462 e. The summed E-state index contributed by atoms with van der Waals surface area (Å²) < 4.78 is 5.42. The van der Waals surface area contributed by atoms with Gasteiger partial charge in [-0.1, -0.05) is 6.92 Å². The van der Waals surface area contributed by atoms with Crippen LogP contribution >= 0.6 is 0 Å². The van der Waals surface area contributed by atoms with E-state index in [4.69, 9.17) is 15.6 Å². The number of hydrogen-bond donors (Lipinski definition) is 2. The molecular formula is C5H18N2OSi2. The van der Waals surface area contributed by atoms with Crippen LogP contribution in [0.1, 0.15) is 13.3 Å². The molecule has 0 aromatic rings. The van der Waals surface area contributed by atoms with Crippen LogP contribution in [0.5, 0.6) is 0 Å². The Hall–Kier alpha value is 0.314. The van der Waals surface area contributed by atoms with Crippen molar-refractivity contribution >= 4 is 18.8 Å². The summed E-state index contributed by atoms with van der Waals surface area (Å²) in [5.74, 6) is 0. The molecule has 0 fully saturated rings. The second-order valence-corrected chi connectivity index (χ2v) is 8.69. The highest BCUT2D eigenvalue weighted by Gasteiger charge is 2.39. The first kappa shape index (κ1) is 10.3. The summed E-state index contributed by atoms with van der Waals surface area (Å²) in [6.07, 6.45) is 0.786. The van der Waals surface area contributed by atoms with Gasteiger partial charge in [0.2, 0.25) is 8.32 Å². The van der Waals surface area contributed by atoms with Gasteiger partial charge in [0.05, 0.1) is 5.29 Å². The standard InChI is InChI=1S/C5H18N2OSi2/c1-4-5(6,7)10(2,3)8-9/h4,6-7H2,1-3,9H3. The van der Waals surface area contributed by atoms with Crippen LogP contribution in [-0.4, -0.2) is 24.1 Å². The van der Waals surface area contributed by atoms with E-state index >= 15 is 0 Å². The maximum absolute atomic E-state index is 5.84. The average Bonchev–Trinajstić information content (AvgIpc) is 1.88. The van der Waals surface area contributed by atoms with Crippen LogP contribution in [0.2, 0.25) is 13.1 Å². The summed E-state index contributed by atoms with van der Waals surface area (Å²) in [5, 5.41) is -0.561. The molecule has 0 saturated carbocycles. The van der Waals surface area contributed by atoms with Crippen LogP contribution in [0.3, 0.4) is 0 Å². The molecule has 0 amide bonds. The molecule has 0 heterocycles. The van der Waals surface area contributed by atoms with Crippen LogP contribution in [0.15, 0.2) is 0 Å². The fraction of sp³-hybridized carbons (Fsp3) is 1.00. The summed E-state index contributed by atoms with van der Waals surface area (Å²) in [7, 11) is -1.05. The van der Waals surface area contributed by atoms with Crippen molar-refractivity contribution in [2.24, 2.45) is 11.5 Å². The quantitative estimate of drug-likeness (QED) is 0.433. The van der Waals surface area contributed by atoms with E-state index in [1.165, 1.54) is 0 Å². The average molecular weight is 178 g/mol. The van der Waals surface area contributed by atoms with Crippen molar-refractivity contribution in [3.63, 3.8) is 0 Å². The van der Waals surface area contributed by atoms with E-state index in [-0.39, 0.29) is 0 Å². The Labute approximate surface area is 66.8 Å². The highest BCUT2D eigenvalue weighted by atomic mass is 28.4. The van der Waals surface area contributed by atoms with E-state index < -0.39 is 13.6 Å². The maximum Gasteiger partial charge on any atom is 0.208 e. The summed E-state index contributed by atoms with van der Waals surface area (Å²) in [6, 6.07) is 0. The van der Waals surface area contributed by atoms with E-state index in [0.29, 0.717) is 0 Å². The van der Waals surface area contributed by atoms with Crippen molar-refractivity contribution in [3.8, 4) is 0 Å². The highest BCUT2D eigenvalue weighted by Crippen LogP contribution is 2.15.